The molecular formula is C45H79N2O11P. The lowest BCUT2D eigenvalue weighted by Crippen LogP contribution is -2.33. The summed E-state index contributed by atoms with van der Waals surface area (Å²) in [5.41, 5.74) is -0.852. The maximum Gasteiger partial charge on any atom is 0.472 e. The molecule has 59 heavy (non-hydrogen) atoms. The van der Waals surface area contributed by atoms with Gasteiger partial charge in [0.25, 0.3) is 5.56 Å². The number of esters is 2. The number of hydrogen-bond donors (Lipinski definition) is 2. The van der Waals surface area contributed by atoms with Crippen LogP contribution in [0.4, 0.5) is 0 Å². The molecule has 1 aromatic rings. The number of H-pyrrole nitrogens is 1. The van der Waals surface area contributed by atoms with E-state index >= 15 is 0 Å². The van der Waals surface area contributed by atoms with Crippen molar-refractivity contribution in [2.24, 2.45) is 0 Å². The molecule has 0 saturated carbocycles. The zero-order valence-electron chi connectivity index (χ0n) is 36.8. The first-order valence-electron chi connectivity index (χ1n) is 23.2. The van der Waals surface area contributed by atoms with Gasteiger partial charge in [0.2, 0.25) is 0 Å². The summed E-state index contributed by atoms with van der Waals surface area (Å²) in [5.74, 6) is -0.922. The van der Waals surface area contributed by atoms with Crippen LogP contribution in [0, 0.1) is 6.92 Å². The number of ether oxygens (including phenoxy) is 3. The predicted octanol–water partition coefficient (Wildman–Crippen LogP) is 10.8. The highest BCUT2D eigenvalue weighted by Crippen LogP contribution is 2.45. The first-order valence-corrected chi connectivity index (χ1v) is 24.7. The molecule has 1 unspecified atom stereocenters. The Bertz CT molecular complexity index is 1420. The van der Waals surface area contributed by atoms with Crippen molar-refractivity contribution in [3.8, 4) is 0 Å². The third-order valence-electron chi connectivity index (χ3n) is 10.7. The Labute approximate surface area is 354 Å². The number of nitrogens with zero attached hydrogens (tertiary/aromatic N) is 1. The molecule has 0 aliphatic carbocycles. The van der Waals surface area contributed by atoms with Crippen LogP contribution in [0.25, 0.3) is 0 Å². The summed E-state index contributed by atoms with van der Waals surface area (Å²) in [7, 11) is -4.75. The normalized spacial score (nSPS) is 16.2. The lowest BCUT2D eigenvalue weighted by Gasteiger charge is -2.22. The second kappa shape index (κ2) is 33.1. The lowest BCUT2D eigenvalue weighted by atomic mass is 10.0. The Hall–Kier alpha value is -2.57. The van der Waals surface area contributed by atoms with E-state index in [0.29, 0.717) is 18.4 Å². The molecule has 2 N–H and O–H groups in total. The lowest BCUT2D eigenvalue weighted by molar-refractivity contribution is -0.152. The fourth-order valence-corrected chi connectivity index (χ4v) is 8.00. The van der Waals surface area contributed by atoms with Crippen LogP contribution in [0.3, 0.4) is 0 Å². The van der Waals surface area contributed by atoms with Crippen molar-refractivity contribution >= 4 is 19.8 Å². The summed E-state index contributed by atoms with van der Waals surface area (Å²) < 4.78 is 41.4. The van der Waals surface area contributed by atoms with Crippen LogP contribution in [-0.2, 0) is 37.4 Å². The molecule has 2 heterocycles. The number of carbonyl (C=O) groups excluding carboxylic acids is 2. The minimum absolute atomic E-state index is 0.209. The molecule has 1 aliphatic heterocycles. The summed E-state index contributed by atoms with van der Waals surface area (Å²) in [6.07, 6.45) is 32.9. The van der Waals surface area contributed by atoms with E-state index in [1.165, 1.54) is 126 Å². The number of phosphoric ester groups is 1. The minimum Gasteiger partial charge on any atom is -0.463 e. The third-order valence-corrected chi connectivity index (χ3v) is 11.8. The number of carbonyl (C=O) groups is 2. The monoisotopic (exact) mass is 855 g/mol. The van der Waals surface area contributed by atoms with Gasteiger partial charge in [0.05, 0.1) is 6.61 Å². The fourth-order valence-electron chi connectivity index (χ4n) is 7.10. The molecule has 0 bridgehead atoms. The molecule has 3 atom stereocenters. The van der Waals surface area contributed by atoms with E-state index in [0.717, 1.165) is 38.5 Å². The number of phosphoric acid groups is 1. The van der Waals surface area contributed by atoms with Gasteiger partial charge in [-0.05, 0) is 25.8 Å². The van der Waals surface area contributed by atoms with Gasteiger partial charge in [0, 0.05) is 24.6 Å². The smallest absolute Gasteiger partial charge is 0.463 e. The number of unbranched alkanes of at least 4 members (excludes halogenated alkanes) is 24. The van der Waals surface area contributed by atoms with Crippen molar-refractivity contribution in [3.05, 3.63) is 44.8 Å². The minimum atomic E-state index is -4.75. The molecule has 0 saturated heterocycles. The number of aromatic nitrogens is 2. The van der Waals surface area contributed by atoms with Gasteiger partial charge >= 0.3 is 25.5 Å². The molecule has 0 aromatic carbocycles. The maximum absolute atomic E-state index is 13.0. The fraction of sp³-hybridized carbons (Fsp3) is 0.822. The summed E-state index contributed by atoms with van der Waals surface area (Å²) in [6, 6.07) is 0. The topological polar surface area (TPSA) is 172 Å². The van der Waals surface area contributed by atoms with Crippen molar-refractivity contribution in [2.45, 2.75) is 219 Å². The van der Waals surface area contributed by atoms with E-state index < -0.39 is 69.3 Å². The van der Waals surface area contributed by atoms with Gasteiger partial charge in [-0.1, -0.05) is 174 Å². The zero-order chi connectivity index (χ0) is 43.0. The van der Waals surface area contributed by atoms with Gasteiger partial charge in [0.15, 0.2) is 6.23 Å². The quantitative estimate of drug-likeness (QED) is 0.0280. The molecule has 13 nitrogen and oxygen atoms in total. The number of aromatic amines is 1. The highest BCUT2D eigenvalue weighted by molar-refractivity contribution is 7.47. The summed E-state index contributed by atoms with van der Waals surface area (Å²) >= 11 is 0. The second-order valence-electron chi connectivity index (χ2n) is 16.3. The van der Waals surface area contributed by atoms with E-state index in [-0.39, 0.29) is 12.8 Å². The van der Waals surface area contributed by atoms with Gasteiger partial charge in [-0.15, -0.1) is 0 Å². The second-order valence-corrected chi connectivity index (χ2v) is 17.7. The largest absolute Gasteiger partial charge is 0.472 e. The highest BCUT2D eigenvalue weighted by Gasteiger charge is 2.31. The van der Waals surface area contributed by atoms with Crippen molar-refractivity contribution in [3.63, 3.8) is 0 Å². The van der Waals surface area contributed by atoms with E-state index in [4.69, 9.17) is 23.3 Å². The average Bonchev–Trinajstić information content (AvgIpc) is 3.69. The Kier molecular flexibility index (Phi) is 29.5. The highest BCUT2D eigenvalue weighted by atomic mass is 31.2. The van der Waals surface area contributed by atoms with E-state index in [1.54, 1.807) is 19.1 Å². The number of nitrogens with one attached hydrogen (secondary N) is 1. The van der Waals surface area contributed by atoms with Crippen LogP contribution in [0.15, 0.2) is 27.9 Å². The predicted molar refractivity (Wildman–Crippen MR) is 232 cm³/mol. The molecule has 14 heteroatoms. The van der Waals surface area contributed by atoms with Crippen LogP contribution in [0.5, 0.6) is 0 Å². The Balaban J connectivity index is 1.74. The Morgan fingerprint density at radius 1 is 0.695 bits per heavy atom. The average molecular weight is 855 g/mol. The third kappa shape index (κ3) is 26.4. The summed E-state index contributed by atoms with van der Waals surface area (Å²) in [4.78, 5) is 62.0. The summed E-state index contributed by atoms with van der Waals surface area (Å²) in [6.45, 7) is 4.84. The van der Waals surface area contributed by atoms with Crippen molar-refractivity contribution in [1.29, 1.82) is 0 Å². The van der Waals surface area contributed by atoms with Gasteiger partial charge in [-0.25, -0.2) is 9.36 Å². The van der Waals surface area contributed by atoms with Crippen LogP contribution in [0.2, 0.25) is 0 Å². The molecule has 0 amide bonds. The first-order chi connectivity index (χ1) is 28.5. The van der Waals surface area contributed by atoms with Crippen LogP contribution in [-0.4, -0.2) is 58.4 Å². The molecular weight excluding hydrogens is 775 g/mol. The van der Waals surface area contributed by atoms with Crippen molar-refractivity contribution in [1.82, 2.24) is 9.55 Å². The van der Waals surface area contributed by atoms with E-state index in [9.17, 15) is 28.6 Å². The molecule has 1 aliphatic rings. The number of rotatable bonds is 38. The maximum atomic E-state index is 13.0. The standard InChI is InChI=1S/C45H79N2O11P/c1-4-6-8-10-12-14-16-18-20-22-24-26-28-30-42(48)54-35-40(36-55-43(49)31-29-27-25-23-21-19-17-15-13-11-9-7-5-2)58-59(52,53)56-37-39-32-33-41(57-39)47-34-38(3)44(50)46-45(47)51/h32-34,39-41H,4-31,35-37H2,1-3H3,(H,52,53)(H,46,50,51)/t39-,41+/m0/s1. The Morgan fingerprint density at radius 3 is 1.53 bits per heavy atom. The SMILES string of the molecule is CCCCCCCCCCCCCCCC(=O)OCC(COC(=O)CCCCCCCCCCCCCCC)OP(=O)(O)OC[C@@H]1C=C[C@H](n2cc(C)c(=O)[nH]c2=O)O1. The molecule has 0 fully saturated rings. The van der Waals surface area contributed by atoms with Crippen molar-refractivity contribution in [2.75, 3.05) is 19.8 Å². The van der Waals surface area contributed by atoms with Crippen LogP contribution >= 0.6 is 7.82 Å². The molecule has 340 valence electrons. The van der Waals surface area contributed by atoms with E-state index in [2.05, 4.69) is 18.8 Å². The molecule has 2 rings (SSSR count). The molecule has 0 spiro atoms. The van der Waals surface area contributed by atoms with E-state index in [1.807, 2.05) is 0 Å². The zero-order valence-corrected chi connectivity index (χ0v) is 37.7. The van der Waals surface area contributed by atoms with Gasteiger partial charge in [0.1, 0.15) is 25.4 Å². The number of aryl methyl sites for hydroxylation is 1. The van der Waals surface area contributed by atoms with Gasteiger partial charge < -0.3 is 19.1 Å². The molecule has 0 radical (unpaired) electrons. The Morgan fingerprint density at radius 2 is 1.10 bits per heavy atom. The first kappa shape index (κ1) is 52.6. The summed E-state index contributed by atoms with van der Waals surface area (Å²) in [5, 5.41) is 0. The van der Waals surface area contributed by atoms with Gasteiger partial charge in [-0.3, -0.25) is 33.0 Å². The van der Waals surface area contributed by atoms with Crippen molar-refractivity contribution < 1.29 is 42.3 Å². The molecule has 1 aromatic heterocycles. The van der Waals surface area contributed by atoms with Gasteiger partial charge in [-0.2, -0.15) is 0 Å². The number of hydrogen-bond acceptors (Lipinski definition) is 10. The van der Waals surface area contributed by atoms with Crippen LogP contribution < -0.4 is 11.2 Å². The van der Waals surface area contributed by atoms with Crippen LogP contribution in [0.1, 0.15) is 205 Å².